The molecule has 2 aliphatic rings. The van der Waals surface area contributed by atoms with E-state index in [-0.39, 0.29) is 0 Å². The quantitative estimate of drug-likeness (QED) is 0.773. The lowest BCUT2D eigenvalue weighted by Gasteiger charge is -2.24. The Bertz CT molecular complexity index is 405. The molecule has 0 aliphatic carbocycles. The van der Waals surface area contributed by atoms with Crippen LogP contribution in [0.2, 0.25) is 0 Å². The van der Waals surface area contributed by atoms with Crippen LogP contribution in [-0.2, 0) is 0 Å². The average Bonchev–Trinajstić information content (AvgIpc) is 2.76. The van der Waals surface area contributed by atoms with E-state index in [1.54, 1.807) is 0 Å². The maximum atomic E-state index is 4.54. The number of nitrogens with zero attached hydrogens (tertiary/aromatic N) is 4. The van der Waals surface area contributed by atoms with Crippen molar-refractivity contribution in [3.8, 4) is 0 Å². The molecular formula is C12H19N5. The van der Waals surface area contributed by atoms with Gasteiger partial charge in [0.15, 0.2) is 0 Å². The van der Waals surface area contributed by atoms with Crippen molar-refractivity contribution in [1.29, 1.82) is 0 Å². The molecule has 0 spiro atoms. The molecule has 0 aromatic carbocycles. The minimum atomic E-state index is 0.619. The molecule has 3 heterocycles. The van der Waals surface area contributed by atoms with E-state index in [1.165, 1.54) is 12.8 Å². The highest BCUT2D eigenvalue weighted by Crippen LogP contribution is 2.27. The summed E-state index contributed by atoms with van der Waals surface area (Å²) < 4.78 is 0. The van der Waals surface area contributed by atoms with E-state index >= 15 is 0 Å². The Balaban J connectivity index is 1.79. The zero-order valence-corrected chi connectivity index (χ0v) is 10.5. The Labute approximate surface area is 102 Å². The van der Waals surface area contributed by atoms with Gasteiger partial charge in [-0.1, -0.05) is 0 Å². The van der Waals surface area contributed by atoms with Crippen molar-refractivity contribution in [1.82, 2.24) is 20.5 Å². The van der Waals surface area contributed by atoms with Crippen LogP contribution in [0.4, 0.5) is 5.95 Å². The monoisotopic (exact) mass is 233 g/mol. The Hall–Kier alpha value is -1.23. The molecule has 1 aromatic rings. The summed E-state index contributed by atoms with van der Waals surface area (Å²) in [4.78, 5) is 6.81. The maximum Gasteiger partial charge on any atom is 0.245 e. The Morgan fingerprint density at radius 1 is 1.18 bits per heavy atom. The molecule has 0 bridgehead atoms. The number of piperidine rings is 1. The minimum absolute atomic E-state index is 0.619. The molecule has 17 heavy (non-hydrogen) atoms. The molecule has 92 valence electrons. The lowest BCUT2D eigenvalue weighted by Crippen LogP contribution is -2.40. The summed E-state index contributed by atoms with van der Waals surface area (Å²) in [5.41, 5.74) is 1.90. The molecule has 3 rings (SSSR count). The fourth-order valence-electron chi connectivity index (χ4n) is 2.79. The summed E-state index contributed by atoms with van der Waals surface area (Å²) in [6.07, 6.45) is 2.62. The molecule has 0 radical (unpaired) electrons. The van der Waals surface area contributed by atoms with Crippen LogP contribution in [0.25, 0.3) is 0 Å². The van der Waals surface area contributed by atoms with Gasteiger partial charge in [-0.25, -0.2) is 4.98 Å². The molecule has 2 fully saturated rings. The largest absolute Gasteiger partial charge is 0.338 e. The van der Waals surface area contributed by atoms with Crippen molar-refractivity contribution in [3.05, 3.63) is 11.4 Å². The van der Waals surface area contributed by atoms with Crippen LogP contribution in [-0.4, -0.2) is 40.9 Å². The van der Waals surface area contributed by atoms with E-state index in [0.717, 1.165) is 42.9 Å². The number of fused-ring (bicyclic) bond motifs is 1. The normalized spacial score (nSPS) is 28.2. The fraction of sp³-hybridized carbons (Fsp3) is 0.750. The SMILES string of the molecule is Cc1nnc(N2CC3CCCNC3C2)nc1C. The predicted octanol–water partition coefficient (Wildman–Crippen LogP) is 0.677. The first kappa shape index (κ1) is 10.9. The van der Waals surface area contributed by atoms with Crippen molar-refractivity contribution in [3.63, 3.8) is 0 Å². The predicted molar refractivity (Wildman–Crippen MR) is 66.0 cm³/mol. The number of aromatic nitrogens is 3. The molecule has 5 heteroatoms. The van der Waals surface area contributed by atoms with Crippen molar-refractivity contribution >= 4 is 5.95 Å². The van der Waals surface area contributed by atoms with E-state index in [9.17, 15) is 0 Å². The Morgan fingerprint density at radius 3 is 2.82 bits per heavy atom. The van der Waals surface area contributed by atoms with Gasteiger partial charge < -0.3 is 10.2 Å². The molecular weight excluding hydrogens is 214 g/mol. The van der Waals surface area contributed by atoms with Crippen LogP contribution in [0, 0.1) is 19.8 Å². The minimum Gasteiger partial charge on any atom is -0.338 e. The number of hydrogen-bond acceptors (Lipinski definition) is 5. The number of nitrogens with one attached hydrogen (secondary N) is 1. The third-order valence-corrected chi connectivity index (χ3v) is 3.96. The molecule has 2 unspecified atom stereocenters. The molecule has 5 nitrogen and oxygen atoms in total. The Kier molecular flexibility index (Phi) is 2.70. The van der Waals surface area contributed by atoms with E-state index in [0.29, 0.717) is 6.04 Å². The molecule has 1 aromatic heterocycles. The van der Waals surface area contributed by atoms with Crippen LogP contribution in [0.1, 0.15) is 24.2 Å². The third-order valence-electron chi connectivity index (χ3n) is 3.96. The standard InChI is InChI=1S/C12H19N5/c1-8-9(2)15-16-12(14-8)17-6-10-4-3-5-13-11(10)7-17/h10-11,13H,3-7H2,1-2H3. The highest BCUT2D eigenvalue weighted by atomic mass is 15.3. The number of rotatable bonds is 1. The molecule has 1 N–H and O–H groups in total. The number of anilines is 1. The van der Waals surface area contributed by atoms with E-state index in [2.05, 4.69) is 25.4 Å². The molecule has 0 amide bonds. The van der Waals surface area contributed by atoms with Gasteiger partial charge in [0.05, 0.1) is 11.4 Å². The first-order valence-electron chi connectivity index (χ1n) is 6.40. The Morgan fingerprint density at radius 2 is 2.06 bits per heavy atom. The highest BCUT2D eigenvalue weighted by Gasteiger charge is 2.35. The smallest absolute Gasteiger partial charge is 0.245 e. The van der Waals surface area contributed by atoms with Gasteiger partial charge in [-0.05, 0) is 39.2 Å². The van der Waals surface area contributed by atoms with Crippen LogP contribution in [0.5, 0.6) is 0 Å². The van der Waals surface area contributed by atoms with Gasteiger partial charge in [0.2, 0.25) is 5.95 Å². The van der Waals surface area contributed by atoms with Crippen LogP contribution in [0.15, 0.2) is 0 Å². The van der Waals surface area contributed by atoms with Gasteiger partial charge in [-0.2, -0.15) is 5.10 Å². The second kappa shape index (κ2) is 4.22. The van der Waals surface area contributed by atoms with E-state index in [1.807, 2.05) is 13.8 Å². The first-order valence-corrected chi connectivity index (χ1v) is 6.40. The number of hydrogen-bond donors (Lipinski definition) is 1. The van der Waals surface area contributed by atoms with Crippen molar-refractivity contribution in [2.24, 2.45) is 5.92 Å². The van der Waals surface area contributed by atoms with Crippen LogP contribution in [0.3, 0.4) is 0 Å². The van der Waals surface area contributed by atoms with Crippen molar-refractivity contribution in [2.75, 3.05) is 24.5 Å². The van der Waals surface area contributed by atoms with E-state index < -0.39 is 0 Å². The molecule has 2 aliphatic heterocycles. The first-order chi connectivity index (χ1) is 8.24. The summed E-state index contributed by atoms with van der Waals surface area (Å²) in [6.45, 7) is 7.19. The van der Waals surface area contributed by atoms with Crippen LogP contribution < -0.4 is 10.2 Å². The van der Waals surface area contributed by atoms with Crippen molar-refractivity contribution < 1.29 is 0 Å². The maximum absolute atomic E-state index is 4.54. The van der Waals surface area contributed by atoms with Gasteiger partial charge in [-0.3, -0.25) is 0 Å². The van der Waals surface area contributed by atoms with Gasteiger partial charge in [0, 0.05) is 19.1 Å². The number of aryl methyl sites for hydroxylation is 2. The highest BCUT2D eigenvalue weighted by molar-refractivity contribution is 5.33. The van der Waals surface area contributed by atoms with Gasteiger partial charge in [0.1, 0.15) is 0 Å². The average molecular weight is 233 g/mol. The molecule has 2 atom stereocenters. The van der Waals surface area contributed by atoms with E-state index in [4.69, 9.17) is 0 Å². The van der Waals surface area contributed by atoms with Gasteiger partial charge in [-0.15, -0.1) is 5.10 Å². The lowest BCUT2D eigenvalue weighted by molar-refractivity contribution is 0.340. The molecule has 2 saturated heterocycles. The summed E-state index contributed by atoms with van der Waals surface area (Å²) in [6, 6.07) is 0.619. The van der Waals surface area contributed by atoms with Gasteiger partial charge >= 0.3 is 0 Å². The summed E-state index contributed by atoms with van der Waals surface area (Å²) in [7, 11) is 0. The van der Waals surface area contributed by atoms with Gasteiger partial charge in [0.25, 0.3) is 0 Å². The van der Waals surface area contributed by atoms with Crippen molar-refractivity contribution in [2.45, 2.75) is 32.7 Å². The summed E-state index contributed by atoms with van der Waals surface area (Å²) >= 11 is 0. The molecule has 0 saturated carbocycles. The summed E-state index contributed by atoms with van der Waals surface area (Å²) in [5, 5.41) is 12.0. The topological polar surface area (TPSA) is 53.9 Å². The third kappa shape index (κ3) is 1.99. The second-order valence-corrected chi connectivity index (χ2v) is 5.15. The zero-order valence-electron chi connectivity index (χ0n) is 10.5. The van der Waals surface area contributed by atoms with Crippen LogP contribution >= 0.6 is 0 Å². The fourth-order valence-corrected chi connectivity index (χ4v) is 2.79. The second-order valence-electron chi connectivity index (χ2n) is 5.15. The lowest BCUT2D eigenvalue weighted by atomic mass is 9.94. The zero-order chi connectivity index (χ0) is 11.8. The summed E-state index contributed by atoms with van der Waals surface area (Å²) in [5.74, 6) is 1.55.